The molecule has 122 valence electrons. The molecule has 0 unspecified atom stereocenters. The first-order chi connectivity index (χ1) is 12.3. The average molecular weight is 329 g/mol. The van der Waals surface area contributed by atoms with E-state index in [9.17, 15) is 0 Å². The second-order valence-electron chi connectivity index (χ2n) is 5.43. The summed E-state index contributed by atoms with van der Waals surface area (Å²) in [6, 6.07) is 15.7. The molecule has 0 radical (unpaired) electrons. The van der Waals surface area contributed by atoms with Gasteiger partial charge in [-0.05, 0) is 42.5 Å². The standard InChI is InChI=1S/C19H15N5O/c1-24(18-4-2-3-10-21-18)15-5-7-16(8-6-15)25-19-22-12-14-9-11-20-13-17(14)23-19/h2-13H,1H3. The van der Waals surface area contributed by atoms with E-state index in [0.717, 1.165) is 22.4 Å². The van der Waals surface area contributed by atoms with Crippen molar-refractivity contribution in [3.8, 4) is 11.8 Å². The van der Waals surface area contributed by atoms with Gasteiger partial charge in [0.1, 0.15) is 11.6 Å². The summed E-state index contributed by atoms with van der Waals surface area (Å²) in [6.07, 6.45) is 6.90. The number of ether oxygens (including phenoxy) is 1. The first-order valence-corrected chi connectivity index (χ1v) is 7.79. The predicted molar refractivity (Wildman–Crippen MR) is 96.1 cm³/mol. The molecule has 6 nitrogen and oxygen atoms in total. The third-order valence-electron chi connectivity index (χ3n) is 3.79. The number of rotatable bonds is 4. The molecule has 0 N–H and O–H groups in total. The third-order valence-corrected chi connectivity index (χ3v) is 3.79. The van der Waals surface area contributed by atoms with E-state index in [1.807, 2.05) is 60.5 Å². The van der Waals surface area contributed by atoms with Crippen molar-refractivity contribution in [2.75, 3.05) is 11.9 Å². The molecule has 3 heterocycles. The van der Waals surface area contributed by atoms with E-state index in [1.165, 1.54) is 0 Å². The molecule has 0 spiro atoms. The highest BCUT2D eigenvalue weighted by molar-refractivity contribution is 5.76. The smallest absolute Gasteiger partial charge is 0.322 e. The molecule has 6 heteroatoms. The van der Waals surface area contributed by atoms with Crippen LogP contribution < -0.4 is 9.64 Å². The van der Waals surface area contributed by atoms with Crippen LogP contribution in [0.3, 0.4) is 0 Å². The summed E-state index contributed by atoms with van der Waals surface area (Å²) in [5, 5.41) is 0.926. The summed E-state index contributed by atoms with van der Waals surface area (Å²) in [4.78, 5) is 19.0. The van der Waals surface area contributed by atoms with E-state index < -0.39 is 0 Å². The zero-order valence-electron chi connectivity index (χ0n) is 13.6. The SMILES string of the molecule is CN(c1ccc(Oc2ncc3ccncc3n2)cc1)c1ccccn1. The molecule has 0 atom stereocenters. The van der Waals surface area contributed by atoms with Gasteiger partial charge >= 0.3 is 6.01 Å². The van der Waals surface area contributed by atoms with Crippen molar-refractivity contribution < 1.29 is 4.74 Å². The molecule has 0 bridgehead atoms. The van der Waals surface area contributed by atoms with Gasteiger partial charge in [0.2, 0.25) is 0 Å². The van der Waals surface area contributed by atoms with Crippen LogP contribution in [-0.4, -0.2) is 27.0 Å². The van der Waals surface area contributed by atoms with Crippen LogP contribution in [0, 0.1) is 0 Å². The van der Waals surface area contributed by atoms with E-state index >= 15 is 0 Å². The summed E-state index contributed by atoms with van der Waals surface area (Å²) in [5.74, 6) is 1.54. The van der Waals surface area contributed by atoms with E-state index in [-0.39, 0.29) is 0 Å². The van der Waals surface area contributed by atoms with Crippen molar-refractivity contribution in [1.82, 2.24) is 19.9 Å². The lowest BCUT2D eigenvalue weighted by Crippen LogP contribution is -2.10. The molecular formula is C19H15N5O. The van der Waals surface area contributed by atoms with Gasteiger partial charge in [0.05, 0.1) is 11.7 Å². The highest BCUT2D eigenvalue weighted by Gasteiger charge is 2.06. The Balaban J connectivity index is 1.53. The average Bonchev–Trinajstić information content (AvgIpc) is 2.69. The van der Waals surface area contributed by atoms with Gasteiger partial charge in [0.25, 0.3) is 0 Å². The number of fused-ring (bicyclic) bond motifs is 1. The number of anilines is 2. The number of hydrogen-bond acceptors (Lipinski definition) is 6. The second kappa shape index (κ2) is 6.52. The third kappa shape index (κ3) is 3.23. The first kappa shape index (κ1) is 15.0. The van der Waals surface area contributed by atoms with E-state index in [2.05, 4.69) is 19.9 Å². The predicted octanol–water partition coefficient (Wildman–Crippen LogP) is 3.98. The lowest BCUT2D eigenvalue weighted by molar-refractivity contribution is 0.444. The molecule has 25 heavy (non-hydrogen) atoms. The maximum Gasteiger partial charge on any atom is 0.322 e. The minimum absolute atomic E-state index is 0.298. The van der Waals surface area contributed by atoms with Gasteiger partial charge in [-0.3, -0.25) is 4.98 Å². The van der Waals surface area contributed by atoms with Gasteiger partial charge in [-0.25, -0.2) is 9.97 Å². The number of nitrogens with zero attached hydrogens (tertiary/aromatic N) is 5. The summed E-state index contributed by atoms with van der Waals surface area (Å²) < 4.78 is 5.74. The maximum atomic E-state index is 5.74. The van der Waals surface area contributed by atoms with Crippen LogP contribution in [-0.2, 0) is 0 Å². The summed E-state index contributed by atoms with van der Waals surface area (Å²) in [7, 11) is 1.97. The van der Waals surface area contributed by atoms with Crippen molar-refractivity contribution >= 4 is 22.4 Å². The zero-order chi connectivity index (χ0) is 17.1. The first-order valence-electron chi connectivity index (χ1n) is 7.79. The van der Waals surface area contributed by atoms with Crippen molar-refractivity contribution in [3.05, 3.63) is 73.3 Å². The Morgan fingerprint density at radius 1 is 0.880 bits per heavy atom. The summed E-state index contributed by atoms with van der Waals surface area (Å²) in [6.45, 7) is 0. The van der Waals surface area contributed by atoms with Gasteiger partial charge in [-0.2, -0.15) is 4.98 Å². The molecule has 0 amide bonds. The number of hydrogen-bond donors (Lipinski definition) is 0. The van der Waals surface area contributed by atoms with Crippen LogP contribution >= 0.6 is 0 Å². The van der Waals surface area contributed by atoms with Crippen LogP contribution in [0.5, 0.6) is 11.8 Å². The molecule has 3 aromatic heterocycles. The molecule has 1 aromatic carbocycles. The summed E-state index contributed by atoms with van der Waals surface area (Å²) >= 11 is 0. The number of benzene rings is 1. The van der Waals surface area contributed by atoms with Gasteiger partial charge < -0.3 is 9.64 Å². The van der Waals surface area contributed by atoms with E-state index in [0.29, 0.717) is 11.8 Å². The molecule has 0 aliphatic rings. The van der Waals surface area contributed by atoms with Crippen LogP contribution in [0.4, 0.5) is 11.5 Å². The van der Waals surface area contributed by atoms with Crippen molar-refractivity contribution in [2.45, 2.75) is 0 Å². The number of pyridine rings is 2. The molecule has 0 aliphatic heterocycles. The largest absolute Gasteiger partial charge is 0.424 e. The lowest BCUT2D eigenvalue weighted by atomic mass is 10.2. The van der Waals surface area contributed by atoms with Gasteiger partial charge in [0.15, 0.2) is 0 Å². The highest BCUT2D eigenvalue weighted by atomic mass is 16.5. The topological polar surface area (TPSA) is 64.0 Å². The molecular weight excluding hydrogens is 314 g/mol. The van der Waals surface area contributed by atoms with Crippen molar-refractivity contribution in [2.24, 2.45) is 0 Å². The minimum atomic E-state index is 0.298. The molecule has 0 aliphatic carbocycles. The van der Waals surface area contributed by atoms with Crippen LogP contribution in [0.15, 0.2) is 73.3 Å². The van der Waals surface area contributed by atoms with Gasteiger partial charge in [-0.15, -0.1) is 0 Å². The monoisotopic (exact) mass is 329 g/mol. The molecule has 0 saturated carbocycles. The van der Waals surface area contributed by atoms with E-state index in [1.54, 1.807) is 24.8 Å². The fraction of sp³-hybridized carbons (Fsp3) is 0.0526. The Morgan fingerprint density at radius 2 is 1.76 bits per heavy atom. The van der Waals surface area contributed by atoms with Crippen molar-refractivity contribution in [3.63, 3.8) is 0 Å². The van der Waals surface area contributed by atoms with E-state index in [4.69, 9.17) is 4.74 Å². The maximum absolute atomic E-state index is 5.74. The number of aromatic nitrogens is 4. The normalized spacial score (nSPS) is 10.6. The Morgan fingerprint density at radius 3 is 2.56 bits per heavy atom. The Kier molecular flexibility index (Phi) is 3.92. The van der Waals surface area contributed by atoms with Crippen LogP contribution in [0.25, 0.3) is 10.9 Å². The molecule has 4 aromatic rings. The molecule has 0 saturated heterocycles. The molecule has 0 fully saturated rings. The second-order valence-corrected chi connectivity index (χ2v) is 5.43. The summed E-state index contributed by atoms with van der Waals surface area (Å²) in [5.41, 5.74) is 1.76. The Labute approximate surface area is 144 Å². The quantitative estimate of drug-likeness (QED) is 0.564. The van der Waals surface area contributed by atoms with Crippen LogP contribution in [0.2, 0.25) is 0 Å². The van der Waals surface area contributed by atoms with Gasteiger partial charge in [-0.1, -0.05) is 6.07 Å². The Bertz CT molecular complexity index is 989. The fourth-order valence-corrected chi connectivity index (χ4v) is 2.43. The van der Waals surface area contributed by atoms with Crippen LogP contribution in [0.1, 0.15) is 0 Å². The fourth-order valence-electron chi connectivity index (χ4n) is 2.43. The minimum Gasteiger partial charge on any atom is -0.424 e. The van der Waals surface area contributed by atoms with Crippen molar-refractivity contribution in [1.29, 1.82) is 0 Å². The lowest BCUT2D eigenvalue weighted by Gasteiger charge is -2.18. The Hall–Kier alpha value is -3.54. The van der Waals surface area contributed by atoms with Gasteiger partial charge in [0, 0.05) is 36.7 Å². The zero-order valence-corrected chi connectivity index (χ0v) is 13.6. The highest BCUT2D eigenvalue weighted by Crippen LogP contribution is 2.26. The molecule has 4 rings (SSSR count).